The van der Waals surface area contributed by atoms with Crippen LogP contribution in [0, 0.1) is 6.92 Å². The highest BCUT2D eigenvalue weighted by Gasteiger charge is 2.32. The number of rotatable bonds is 2. The molecule has 1 amide bonds. The van der Waals surface area contributed by atoms with E-state index in [1.165, 1.54) is 23.3 Å². The number of aryl methyl sites for hydroxylation is 2. The van der Waals surface area contributed by atoms with Gasteiger partial charge in [0, 0.05) is 22.9 Å². The lowest BCUT2D eigenvalue weighted by Gasteiger charge is -2.34. The molecule has 2 aromatic rings. The van der Waals surface area contributed by atoms with Gasteiger partial charge in [-0.2, -0.15) is 0 Å². The van der Waals surface area contributed by atoms with Gasteiger partial charge in [0.15, 0.2) is 0 Å². The molecular formula is C18H22N2O2S. The Hall–Kier alpha value is -1.62. The Kier molecular flexibility index (Phi) is 3.97. The molecule has 4 rings (SSSR count). The van der Waals surface area contributed by atoms with Crippen molar-refractivity contribution < 1.29 is 9.32 Å². The molecule has 23 heavy (non-hydrogen) atoms. The first kappa shape index (κ1) is 14.9. The molecule has 2 aromatic heterocycles. The van der Waals surface area contributed by atoms with Gasteiger partial charge in [0.2, 0.25) is 0 Å². The second-order valence-electron chi connectivity index (χ2n) is 6.63. The van der Waals surface area contributed by atoms with Gasteiger partial charge < -0.3 is 9.42 Å². The quantitative estimate of drug-likeness (QED) is 0.825. The molecule has 3 heterocycles. The maximum atomic E-state index is 13.2. The fourth-order valence-electron chi connectivity index (χ4n) is 3.85. The molecule has 4 nitrogen and oxygen atoms in total. The number of carbonyl (C=O) groups is 1. The van der Waals surface area contributed by atoms with Crippen LogP contribution in [0.1, 0.15) is 70.4 Å². The third-order valence-corrected chi connectivity index (χ3v) is 6.13. The highest BCUT2D eigenvalue weighted by molar-refractivity contribution is 7.10. The average Bonchev–Trinajstić information content (AvgIpc) is 3.20. The molecule has 2 aliphatic rings. The largest absolute Gasteiger partial charge is 0.361 e. The molecule has 1 aliphatic carbocycles. The number of fused-ring (bicyclic) bond motifs is 1. The van der Waals surface area contributed by atoms with Crippen molar-refractivity contribution in [2.24, 2.45) is 0 Å². The second kappa shape index (κ2) is 6.11. The molecule has 0 radical (unpaired) electrons. The number of likely N-dealkylation sites (tertiary alicyclic amines) is 1. The minimum Gasteiger partial charge on any atom is -0.361 e. The maximum Gasteiger partial charge on any atom is 0.255 e. The van der Waals surface area contributed by atoms with E-state index in [0.717, 1.165) is 55.7 Å². The fourth-order valence-corrected chi connectivity index (χ4v) is 4.97. The van der Waals surface area contributed by atoms with Gasteiger partial charge in [0.25, 0.3) is 5.91 Å². The predicted octanol–water partition coefficient (Wildman–Crippen LogP) is 4.29. The van der Waals surface area contributed by atoms with Crippen molar-refractivity contribution in [3.8, 4) is 0 Å². The predicted molar refractivity (Wildman–Crippen MR) is 89.8 cm³/mol. The van der Waals surface area contributed by atoms with Crippen LogP contribution in [0.5, 0.6) is 0 Å². The molecule has 5 heteroatoms. The normalized spacial score (nSPS) is 21.3. The van der Waals surface area contributed by atoms with Gasteiger partial charge in [0.1, 0.15) is 11.5 Å². The third kappa shape index (κ3) is 2.71. The van der Waals surface area contributed by atoms with E-state index in [0.29, 0.717) is 0 Å². The van der Waals surface area contributed by atoms with Crippen molar-refractivity contribution in [3.05, 3.63) is 38.9 Å². The van der Waals surface area contributed by atoms with E-state index in [4.69, 9.17) is 4.52 Å². The number of thiophene rings is 1. The highest BCUT2D eigenvalue weighted by atomic mass is 32.1. The Labute approximate surface area is 140 Å². The van der Waals surface area contributed by atoms with Crippen molar-refractivity contribution in [2.45, 2.75) is 57.9 Å². The van der Waals surface area contributed by atoms with Crippen LogP contribution in [-0.2, 0) is 12.8 Å². The van der Waals surface area contributed by atoms with Crippen LogP contribution in [0.15, 0.2) is 16.0 Å². The third-order valence-electron chi connectivity index (χ3n) is 5.04. The van der Waals surface area contributed by atoms with Crippen molar-refractivity contribution in [2.75, 3.05) is 6.54 Å². The van der Waals surface area contributed by atoms with E-state index in [9.17, 15) is 4.79 Å². The topological polar surface area (TPSA) is 46.3 Å². The van der Waals surface area contributed by atoms with Gasteiger partial charge in [-0.1, -0.05) is 5.16 Å². The monoisotopic (exact) mass is 330 g/mol. The Morgan fingerprint density at radius 3 is 3.00 bits per heavy atom. The standard InChI is InChI=1S/C18H22N2O2S/c1-12-10-15(19-22-12)16-7-4-5-9-20(16)18(21)14-11-23-17-8-3-2-6-13(14)17/h10-11,16H,2-9H2,1H3/t16-/m1/s1. The summed E-state index contributed by atoms with van der Waals surface area (Å²) < 4.78 is 5.24. The minimum atomic E-state index is 0.0628. The summed E-state index contributed by atoms with van der Waals surface area (Å²) >= 11 is 1.76. The Morgan fingerprint density at radius 1 is 1.30 bits per heavy atom. The molecule has 122 valence electrons. The van der Waals surface area contributed by atoms with E-state index in [2.05, 4.69) is 10.5 Å². The summed E-state index contributed by atoms with van der Waals surface area (Å²) in [4.78, 5) is 16.6. The minimum absolute atomic E-state index is 0.0628. The van der Waals surface area contributed by atoms with E-state index >= 15 is 0 Å². The van der Waals surface area contributed by atoms with E-state index < -0.39 is 0 Å². The molecular weight excluding hydrogens is 308 g/mol. The van der Waals surface area contributed by atoms with Gasteiger partial charge in [-0.25, -0.2) is 0 Å². The van der Waals surface area contributed by atoms with Crippen molar-refractivity contribution in [1.29, 1.82) is 0 Å². The number of amides is 1. The zero-order valence-corrected chi connectivity index (χ0v) is 14.3. The molecule has 0 aromatic carbocycles. The van der Waals surface area contributed by atoms with Gasteiger partial charge in [0.05, 0.1) is 11.6 Å². The van der Waals surface area contributed by atoms with Crippen LogP contribution in [0.2, 0.25) is 0 Å². The van der Waals surface area contributed by atoms with Gasteiger partial charge in [-0.3, -0.25) is 4.79 Å². The van der Waals surface area contributed by atoms with Crippen molar-refractivity contribution in [1.82, 2.24) is 10.1 Å². The smallest absolute Gasteiger partial charge is 0.255 e. The Bertz CT molecular complexity index is 718. The second-order valence-corrected chi connectivity index (χ2v) is 7.59. The number of carbonyl (C=O) groups excluding carboxylic acids is 1. The van der Waals surface area contributed by atoms with Crippen LogP contribution in [0.3, 0.4) is 0 Å². The summed E-state index contributed by atoms with van der Waals surface area (Å²) in [5.41, 5.74) is 3.16. The number of aromatic nitrogens is 1. The molecule has 0 saturated carbocycles. The maximum absolute atomic E-state index is 13.2. The lowest BCUT2D eigenvalue weighted by atomic mass is 9.93. The molecule has 1 saturated heterocycles. The zero-order chi connectivity index (χ0) is 15.8. The van der Waals surface area contributed by atoms with Crippen LogP contribution in [0.25, 0.3) is 0 Å². The Morgan fingerprint density at radius 2 is 2.17 bits per heavy atom. The van der Waals surface area contributed by atoms with Gasteiger partial charge >= 0.3 is 0 Å². The average molecular weight is 330 g/mol. The summed E-state index contributed by atoms with van der Waals surface area (Å²) in [5.74, 6) is 1.00. The molecule has 1 aliphatic heterocycles. The first-order valence-corrected chi connectivity index (χ1v) is 9.45. The molecule has 0 bridgehead atoms. The summed E-state index contributed by atoms with van der Waals surface area (Å²) in [6.07, 6.45) is 7.85. The lowest BCUT2D eigenvalue weighted by molar-refractivity contribution is 0.0601. The fraction of sp³-hybridized carbons (Fsp3) is 0.556. The summed E-state index contributed by atoms with van der Waals surface area (Å²) in [7, 11) is 0. The van der Waals surface area contributed by atoms with Crippen LogP contribution >= 0.6 is 11.3 Å². The highest BCUT2D eigenvalue weighted by Crippen LogP contribution is 2.35. The Balaban J connectivity index is 1.64. The SMILES string of the molecule is Cc1cc([C@H]2CCCCN2C(=O)c2csc3c2CCCC3)no1. The molecule has 1 fully saturated rings. The molecule has 0 unspecified atom stereocenters. The first-order chi connectivity index (χ1) is 11.2. The molecule has 1 atom stereocenters. The van der Waals surface area contributed by atoms with E-state index in [1.807, 2.05) is 17.9 Å². The summed E-state index contributed by atoms with van der Waals surface area (Å²) in [5, 5.41) is 6.26. The summed E-state index contributed by atoms with van der Waals surface area (Å²) in [6, 6.07) is 2.03. The van der Waals surface area contributed by atoms with Gasteiger partial charge in [-0.15, -0.1) is 11.3 Å². The lowest BCUT2D eigenvalue weighted by Crippen LogP contribution is -2.39. The van der Waals surface area contributed by atoms with E-state index in [1.54, 1.807) is 11.3 Å². The summed E-state index contributed by atoms with van der Waals surface area (Å²) in [6.45, 7) is 2.72. The first-order valence-electron chi connectivity index (χ1n) is 8.57. The van der Waals surface area contributed by atoms with Crippen molar-refractivity contribution in [3.63, 3.8) is 0 Å². The van der Waals surface area contributed by atoms with Gasteiger partial charge in [-0.05, 0) is 57.4 Å². The number of nitrogens with zero attached hydrogens (tertiary/aromatic N) is 2. The number of piperidine rings is 1. The molecule has 0 N–H and O–H groups in total. The van der Waals surface area contributed by atoms with Crippen molar-refractivity contribution >= 4 is 17.2 Å². The van der Waals surface area contributed by atoms with Crippen LogP contribution in [-0.4, -0.2) is 22.5 Å². The number of hydrogen-bond donors (Lipinski definition) is 0. The van der Waals surface area contributed by atoms with Crippen LogP contribution < -0.4 is 0 Å². The molecule has 0 spiro atoms. The van der Waals surface area contributed by atoms with Crippen LogP contribution in [0.4, 0.5) is 0 Å². The van der Waals surface area contributed by atoms with E-state index in [-0.39, 0.29) is 11.9 Å². The zero-order valence-electron chi connectivity index (χ0n) is 13.5. The number of hydrogen-bond acceptors (Lipinski definition) is 4.